The number of amides is 3. The molecule has 0 spiro atoms. The largest absolute Gasteiger partial charge is 0.331 e. The molecule has 0 saturated carbocycles. The Morgan fingerprint density at radius 2 is 2.10 bits per heavy atom. The monoisotopic (exact) mass is 277 g/mol. The zero-order chi connectivity index (χ0) is 14.4. The van der Waals surface area contributed by atoms with Crippen LogP contribution in [0.1, 0.15) is 0 Å². The average Bonchev–Trinajstić information content (AvgIpc) is 3.05. The lowest BCUT2D eigenvalue weighted by atomic mass is 10.0. The zero-order valence-corrected chi connectivity index (χ0v) is 12.0. The summed E-state index contributed by atoms with van der Waals surface area (Å²) >= 11 is 0. The number of anilines is 1. The maximum Gasteiger partial charge on any atom is 0.319 e. The molecular formula is C13H19N5O2. The van der Waals surface area contributed by atoms with E-state index in [1.54, 1.807) is 39.7 Å². The highest BCUT2D eigenvalue weighted by Crippen LogP contribution is 2.35. The quantitative estimate of drug-likeness (QED) is 0.725. The van der Waals surface area contributed by atoms with E-state index in [1.165, 1.54) is 0 Å². The fourth-order valence-electron chi connectivity index (χ4n) is 3.08. The molecule has 20 heavy (non-hydrogen) atoms. The van der Waals surface area contributed by atoms with Crippen LogP contribution in [0.4, 0.5) is 10.5 Å². The van der Waals surface area contributed by atoms with Crippen LogP contribution >= 0.6 is 0 Å². The highest BCUT2D eigenvalue weighted by molar-refractivity contribution is 5.98. The van der Waals surface area contributed by atoms with E-state index in [-0.39, 0.29) is 23.8 Å². The normalized spacial score (nSPS) is 25.2. The van der Waals surface area contributed by atoms with Crippen LogP contribution in [-0.4, -0.2) is 65.2 Å². The Morgan fingerprint density at radius 1 is 1.35 bits per heavy atom. The second-order valence-corrected chi connectivity index (χ2v) is 5.77. The number of fused-ring (bicyclic) bond motifs is 1. The molecule has 1 aromatic rings. The molecule has 0 unspecified atom stereocenters. The molecule has 3 rings (SSSR count). The maximum atomic E-state index is 12.5. The minimum atomic E-state index is -0.0703. The second kappa shape index (κ2) is 4.50. The van der Waals surface area contributed by atoms with Gasteiger partial charge in [-0.3, -0.25) is 9.48 Å². The van der Waals surface area contributed by atoms with Gasteiger partial charge in [-0.1, -0.05) is 0 Å². The topological polar surface area (TPSA) is 61.7 Å². The van der Waals surface area contributed by atoms with Gasteiger partial charge in [-0.15, -0.1) is 0 Å². The van der Waals surface area contributed by atoms with Crippen molar-refractivity contribution in [2.75, 3.05) is 38.6 Å². The summed E-state index contributed by atoms with van der Waals surface area (Å²) in [6.07, 6.45) is 3.56. The second-order valence-electron chi connectivity index (χ2n) is 5.77. The van der Waals surface area contributed by atoms with Crippen LogP contribution in [0.15, 0.2) is 12.4 Å². The molecule has 7 nitrogen and oxygen atoms in total. The number of likely N-dealkylation sites (tertiary alicyclic amines) is 1. The first-order valence-corrected chi connectivity index (χ1v) is 6.73. The van der Waals surface area contributed by atoms with Crippen LogP contribution in [-0.2, 0) is 11.8 Å². The van der Waals surface area contributed by atoms with Gasteiger partial charge in [-0.25, -0.2) is 4.79 Å². The van der Waals surface area contributed by atoms with Crippen LogP contribution in [0, 0.1) is 11.8 Å². The number of rotatable bonds is 1. The van der Waals surface area contributed by atoms with E-state index in [0.29, 0.717) is 19.6 Å². The Labute approximate surface area is 117 Å². The third-order valence-electron chi connectivity index (χ3n) is 4.10. The van der Waals surface area contributed by atoms with E-state index in [0.717, 1.165) is 5.69 Å². The van der Waals surface area contributed by atoms with Gasteiger partial charge in [0, 0.05) is 52.9 Å². The third kappa shape index (κ3) is 1.93. The molecule has 1 aromatic heterocycles. The predicted octanol–water partition coefficient (Wildman–Crippen LogP) is -0.00370. The maximum absolute atomic E-state index is 12.5. The summed E-state index contributed by atoms with van der Waals surface area (Å²) < 4.78 is 1.69. The van der Waals surface area contributed by atoms with Crippen LogP contribution in [0.5, 0.6) is 0 Å². The molecule has 3 amide bonds. The highest BCUT2D eigenvalue weighted by Gasteiger charge is 2.48. The molecule has 0 N–H and O–H groups in total. The van der Waals surface area contributed by atoms with Crippen molar-refractivity contribution in [2.24, 2.45) is 18.9 Å². The van der Waals surface area contributed by atoms with E-state index >= 15 is 0 Å². The van der Waals surface area contributed by atoms with E-state index in [1.807, 2.05) is 13.2 Å². The number of aromatic nitrogens is 2. The van der Waals surface area contributed by atoms with Crippen LogP contribution in [0.25, 0.3) is 0 Å². The van der Waals surface area contributed by atoms with Gasteiger partial charge in [0.15, 0.2) is 0 Å². The van der Waals surface area contributed by atoms with Crippen molar-refractivity contribution in [1.82, 2.24) is 19.6 Å². The molecule has 0 aromatic carbocycles. The molecule has 108 valence electrons. The molecule has 2 aliphatic heterocycles. The van der Waals surface area contributed by atoms with E-state index in [4.69, 9.17) is 0 Å². The van der Waals surface area contributed by atoms with Gasteiger partial charge in [-0.2, -0.15) is 5.10 Å². The van der Waals surface area contributed by atoms with E-state index in [2.05, 4.69) is 5.10 Å². The lowest BCUT2D eigenvalue weighted by Gasteiger charge is -2.23. The molecule has 7 heteroatoms. The number of aryl methyl sites for hydroxylation is 1. The lowest BCUT2D eigenvalue weighted by molar-refractivity contribution is -0.120. The number of carbonyl (C=O) groups excluding carboxylic acids is 2. The van der Waals surface area contributed by atoms with Crippen molar-refractivity contribution in [3.05, 3.63) is 12.4 Å². The number of hydrogen-bond acceptors (Lipinski definition) is 3. The van der Waals surface area contributed by atoms with Crippen molar-refractivity contribution in [1.29, 1.82) is 0 Å². The lowest BCUT2D eigenvalue weighted by Crippen LogP contribution is -2.40. The highest BCUT2D eigenvalue weighted by atomic mass is 16.2. The van der Waals surface area contributed by atoms with Crippen LogP contribution in [0.2, 0.25) is 0 Å². The average molecular weight is 277 g/mol. The first-order chi connectivity index (χ1) is 9.47. The van der Waals surface area contributed by atoms with Gasteiger partial charge < -0.3 is 14.7 Å². The van der Waals surface area contributed by atoms with E-state index in [9.17, 15) is 9.59 Å². The smallest absolute Gasteiger partial charge is 0.319 e. The fraction of sp³-hybridized carbons (Fsp3) is 0.615. The van der Waals surface area contributed by atoms with Crippen LogP contribution < -0.4 is 4.90 Å². The SMILES string of the molecule is CN(C)C(=O)N1C[C@@H]2CN(c3cnn(C)c3)C(=O)[C@@H]2C1. The Bertz CT molecular complexity index is 553. The molecule has 0 aliphatic carbocycles. The molecule has 0 bridgehead atoms. The van der Waals surface area contributed by atoms with Gasteiger partial charge in [-0.05, 0) is 0 Å². The van der Waals surface area contributed by atoms with Gasteiger partial charge in [0.25, 0.3) is 0 Å². The predicted molar refractivity (Wildman–Crippen MR) is 73.2 cm³/mol. The Kier molecular flexibility index (Phi) is 2.92. The molecule has 2 aliphatic rings. The van der Waals surface area contributed by atoms with Crippen molar-refractivity contribution < 1.29 is 9.59 Å². The zero-order valence-electron chi connectivity index (χ0n) is 12.0. The Morgan fingerprint density at radius 3 is 2.65 bits per heavy atom. The third-order valence-corrected chi connectivity index (χ3v) is 4.10. The molecular weight excluding hydrogens is 258 g/mol. The first kappa shape index (κ1) is 13.0. The van der Waals surface area contributed by atoms with Crippen molar-refractivity contribution >= 4 is 17.6 Å². The minimum absolute atomic E-state index is 0.0138. The fourth-order valence-corrected chi connectivity index (χ4v) is 3.08. The summed E-state index contributed by atoms with van der Waals surface area (Å²) in [6, 6.07) is -0.0138. The number of hydrogen-bond donors (Lipinski definition) is 0. The number of carbonyl (C=O) groups is 2. The Hall–Kier alpha value is -2.05. The Balaban J connectivity index is 1.72. The van der Waals surface area contributed by atoms with Gasteiger partial charge in [0.2, 0.25) is 5.91 Å². The van der Waals surface area contributed by atoms with E-state index < -0.39 is 0 Å². The molecule has 0 radical (unpaired) electrons. The summed E-state index contributed by atoms with van der Waals surface area (Å²) in [7, 11) is 5.31. The van der Waals surface area contributed by atoms with Crippen molar-refractivity contribution in [3.8, 4) is 0 Å². The summed E-state index contributed by atoms with van der Waals surface area (Å²) in [5.41, 5.74) is 0.845. The van der Waals surface area contributed by atoms with Gasteiger partial charge >= 0.3 is 6.03 Å². The van der Waals surface area contributed by atoms with Gasteiger partial charge in [0.05, 0.1) is 17.8 Å². The van der Waals surface area contributed by atoms with Crippen molar-refractivity contribution in [2.45, 2.75) is 0 Å². The van der Waals surface area contributed by atoms with Gasteiger partial charge in [0.1, 0.15) is 0 Å². The minimum Gasteiger partial charge on any atom is -0.331 e. The van der Waals surface area contributed by atoms with Crippen molar-refractivity contribution in [3.63, 3.8) is 0 Å². The summed E-state index contributed by atoms with van der Waals surface area (Å²) in [6.45, 7) is 1.86. The van der Waals surface area contributed by atoms with Crippen LogP contribution in [0.3, 0.4) is 0 Å². The first-order valence-electron chi connectivity index (χ1n) is 6.73. The summed E-state index contributed by atoms with van der Waals surface area (Å²) in [4.78, 5) is 29.5. The number of urea groups is 1. The summed E-state index contributed by atoms with van der Waals surface area (Å²) in [5, 5.41) is 4.11. The molecule has 3 heterocycles. The molecule has 2 atom stereocenters. The number of nitrogens with zero attached hydrogens (tertiary/aromatic N) is 5. The summed E-state index contributed by atoms with van der Waals surface area (Å²) in [5.74, 6) is 0.266. The standard InChI is InChI=1S/C13H19N5O2/c1-15(2)13(20)17-5-9-6-18(12(19)11(9)8-17)10-4-14-16(3)7-10/h4,7,9,11H,5-6,8H2,1-3H3/t9-,11-/m1/s1. The molecule has 2 saturated heterocycles. The molecule has 2 fully saturated rings.